The highest BCUT2D eigenvalue weighted by molar-refractivity contribution is 7.09. The van der Waals surface area contributed by atoms with Gasteiger partial charge in [-0.15, -0.1) is 11.3 Å². The van der Waals surface area contributed by atoms with Gasteiger partial charge in [0.15, 0.2) is 0 Å². The van der Waals surface area contributed by atoms with Crippen molar-refractivity contribution in [3.8, 4) is 5.75 Å². The van der Waals surface area contributed by atoms with E-state index in [9.17, 15) is 9.18 Å². The number of amides is 1. The quantitative estimate of drug-likeness (QED) is 0.936. The topological polar surface area (TPSA) is 51.2 Å². The van der Waals surface area contributed by atoms with Crippen LogP contribution in [0.3, 0.4) is 0 Å². The number of benzene rings is 1. The van der Waals surface area contributed by atoms with Crippen LogP contribution < -0.4 is 10.1 Å². The summed E-state index contributed by atoms with van der Waals surface area (Å²) in [6.45, 7) is 2.17. The lowest BCUT2D eigenvalue weighted by molar-refractivity contribution is 0.0946. The van der Waals surface area contributed by atoms with Gasteiger partial charge in [-0.05, 0) is 19.1 Å². The molecule has 1 aromatic carbocycles. The predicted molar refractivity (Wildman–Crippen MR) is 71.0 cm³/mol. The summed E-state index contributed by atoms with van der Waals surface area (Å²) < 4.78 is 18.5. The molecule has 0 spiro atoms. The van der Waals surface area contributed by atoms with Crippen molar-refractivity contribution in [1.82, 2.24) is 10.3 Å². The molecule has 6 heteroatoms. The van der Waals surface area contributed by atoms with E-state index in [2.05, 4.69) is 10.3 Å². The van der Waals surface area contributed by atoms with Crippen LogP contribution in [0.15, 0.2) is 23.6 Å². The minimum atomic E-state index is -0.605. The fraction of sp³-hybridized carbons (Fsp3) is 0.231. The summed E-state index contributed by atoms with van der Waals surface area (Å²) in [5.74, 6) is -0.693. The number of methoxy groups -OCH3 is 1. The number of hydrogen-bond acceptors (Lipinski definition) is 4. The molecule has 0 aliphatic heterocycles. The molecular weight excluding hydrogens is 267 g/mol. The number of nitrogens with zero attached hydrogens (tertiary/aromatic N) is 1. The van der Waals surface area contributed by atoms with Gasteiger partial charge >= 0.3 is 0 Å². The molecule has 0 atom stereocenters. The smallest absolute Gasteiger partial charge is 0.254 e. The number of hydrogen-bond donors (Lipinski definition) is 1. The Balaban J connectivity index is 2.03. The molecule has 0 saturated carbocycles. The zero-order chi connectivity index (χ0) is 13.8. The lowest BCUT2D eigenvalue weighted by atomic mass is 10.2. The van der Waals surface area contributed by atoms with Gasteiger partial charge in [-0.1, -0.05) is 0 Å². The second-order valence-electron chi connectivity index (χ2n) is 3.89. The van der Waals surface area contributed by atoms with Crippen molar-refractivity contribution in [2.75, 3.05) is 7.11 Å². The molecule has 0 fully saturated rings. The highest BCUT2D eigenvalue weighted by Crippen LogP contribution is 2.16. The summed E-state index contributed by atoms with van der Waals surface area (Å²) >= 11 is 1.51. The van der Waals surface area contributed by atoms with Crippen LogP contribution in [0.2, 0.25) is 0 Å². The number of aryl methyl sites for hydroxylation is 1. The molecule has 100 valence electrons. The second-order valence-corrected chi connectivity index (χ2v) is 4.95. The molecule has 2 aromatic rings. The molecule has 0 aliphatic rings. The number of carbonyl (C=O) groups is 1. The molecular formula is C13H13FN2O2S. The summed E-state index contributed by atoms with van der Waals surface area (Å²) in [5.41, 5.74) is 0.762. The molecule has 0 saturated heterocycles. The Labute approximate surface area is 114 Å². The van der Waals surface area contributed by atoms with Crippen molar-refractivity contribution in [1.29, 1.82) is 0 Å². The van der Waals surface area contributed by atoms with Crippen LogP contribution in [-0.4, -0.2) is 18.0 Å². The van der Waals surface area contributed by atoms with Gasteiger partial charge in [-0.3, -0.25) is 4.79 Å². The molecule has 0 radical (unpaired) electrons. The lowest BCUT2D eigenvalue weighted by Gasteiger charge is -2.06. The molecule has 0 aliphatic carbocycles. The van der Waals surface area contributed by atoms with Gasteiger partial charge in [0.1, 0.15) is 11.6 Å². The van der Waals surface area contributed by atoms with Crippen LogP contribution in [0.4, 0.5) is 4.39 Å². The van der Waals surface area contributed by atoms with Gasteiger partial charge in [0.05, 0.1) is 29.9 Å². The monoisotopic (exact) mass is 280 g/mol. The number of halogens is 1. The molecule has 1 N–H and O–H groups in total. The molecule has 1 amide bonds. The average Bonchev–Trinajstić information content (AvgIpc) is 2.81. The Morgan fingerprint density at radius 2 is 2.32 bits per heavy atom. The van der Waals surface area contributed by atoms with Gasteiger partial charge in [0.2, 0.25) is 0 Å². The number of ether oxygens (including phenoxy) is 1. The maximum Gasteiger partial charge on any atom is 0.254 e. The van der Waals surface area contributed by atoms with Crippen LogP contribution in [0.25, 0.3) is 0 Å². The maximum atomic E-state index is 13.7. The normalized spacial score (nSPS) is 10.3. The van der Waals surface area contributed by atoms with Crippen LogP contribution in [0.1, 0.15) is 21.1 Å². The van der Waals surface area contributed by atoms with E-state index in [0.29, 0.717) is 5.75 Å². The predicted octanol–water partition coefficient (Wildman–Crippen LogP) is 2.53. The maximum absolute atomic E-state index is 13.7. The Morgan fingerprint density at radius 1 is 1.53 bits per heavy atom. The van der Waals surface area contributed by atoms with E-state index in [1.165, 1.54) is 30.6 Å². The lowest BCUT2D eigenvalue weighted by Crippen LogP contribution is -2.24. The van der Waals surface area contributed by atoms with Crippen molar-refractivity contribution in [2.45, 2.75) is 13.5 Å². The van der Waals surface area contributed by atoms with E-state index >= 15 is 0 Å². The SMILES string of the molecule is COc1ccc(C(=O)NCc2csc(C)n2)c(F)c1. The summed E-state index contributed by atoms with van der Waals surface area (Å²) in [4.78, 5) is 16.0. The third-order valence-corrected chi connectivity index (χ3v) is 3.34. The van der Waals surface area contributed by atoms with Crippen molar-refractivity contribution in [3.05, 3.63) is 45.7 Å². The number of thiazole rings is 1. The average molecular weight is 280 g/mol. The van der Waals surface area contributed by atoms with Crippen molar-refractivity contribution in [3.63, 3.8) is 0 Å². The molecule has 0 bridgehead atoms. The van der Waals surface area contributed by atoms with E-state index in [-0.39, 0.29) is 12.1 Å². The van der Waals surface area contributed by atoms with Gasteiger partial charge in [0, 0.05) is 11.4 Å². The number of aromatic nitrogens is 1. The zero-order valence-electron chi connectivity index (χ0n) is 10.6. The largest absolute Gasteiger partial charge is 0.497 e. The molecule has 0 unspecified atom stereocenters. The molecule has 1 aromatic heterocycles. The molecule has 4 nitrogen and oxygen atoms in total. The van der Waals surface area contributed by atoms with Crippen molar-refractivity contribution >= 4 is 17.2 Å². The van der Waals surface area contributed by atoms with Gasteiger partial charge < -0.3 is 10.1 Å². The number of nitrogens with one attached hydrogen (secondary N) is 1. The standard InChI is InChI=1S/C13H13FN2O2S/c1-8-16-9(7-19-8)6-15-13(17)11-4-3-10(18-2)5-12(11)14/h3-5,7H,6H2,1-2H3,(H,15,17). The summed E-state index contributed by atoms with van der Waals surface area (Å²) in [5, 5.41) is 5.42. The first-order valence-electron chi connectivity index (χ1n) is 5.63. The van der Waals surface area contributed by atoms with Gasteiger partial charge in [0.25, 0.3) is 5.91 Å². The second kappa shape index (κ2) is 5.79. The first-order chi connectivity index (χ1) is 9.10. The van der Waals surface area contributed by atoms with Crippen LogP contribution in [-0.2, 0) is 6.54 Å². The van der Waals surface area contributed by atoms with E-state index in [1.807, 2.05) is 12.3 Å². The zero-order valence-corrected chi connectivity index (χ0v) is 11.4. The third-order valence-electron chi connectivity index (χ3n) is 2.52. The van der Waals surface area contributed by atoms with Gasteiger partial charge in [-0.25, -0.2) is 9.37 Å². The highest BCUT2D eigenvalue weighted by Gasteiger charge is 2.12. The van der Waals surface area contributed by atoms with Crippen LogP contribution in [0, 0.1) is 12.7 Å². The highest BCUT2D eigenvalue weighted by atomic mass is 32.1. The number of carbonyl (C=O) groups excluding carboxylic acids is 1. The third kappa shape index (κ3) is 3.29. The van der Waals surface area contributed by atoms with Crippen molar-refractivity contribution in [2.24, 2.45) is 0 Å². The Bertz CT molecular complexity index is 598. The van der Waals surface area contributed by atoms with Crippen LogP contribution in [0.5, 0.6) is 5.75 Å². The number of rotatable bonds is 4. The van der Waals surface area contributed by atoms with Crippen molar-refractivity contribution < 1.29 is 13.9 Å². The minimum absolute atomic E-state index is 0.00671. The first-order valence-corrected chi connectivity index (χ1v) is 6.51. The Morgan fingerprint density at radius 3 is 2.89 bits per heavy atom. The fourth-order valence-electron chi connectivity index (χ4n) is 1.56. The molecule has 19 heavy (non-hydrogen) atoms. The minimum Gasteiger partial charge on any atom is -0.497 e. The summed E-state index contributed by atoms with van der Waals surface area (Å²) in [7, 11) is 1.44. The van der Waals surface area contributed by atoms with E-state index < -0.39 is 11.7 Å². The van der Waals surface area contributed by atoms with E-state index in [4.69, 9.17) is 4.74 Å². The fourth-order valence-corrected chi connectivity index (χ4v) is 2.18. The molecule has 1 heterocycles. The first kappa shape index (κ1) is 13.5. The van der Waals surface area contributed by atoms with E-state index in [0.717, 1.165) is 10.7 Å². The summed E-state index contributed by atoms with van der Waals surface area (Å²) in [6, 6.07) is 4.13. The Kier molecular flexibility index (Phi) is 4.11. The summed E-state index contributed by atoms with van der Waals surface area (Å²) in [6.07, 6.45) is 0. The molecule has 2 rings (SSSR count). The van der Waals surface area contributed by atoms with Crippen LogP contribution >= 0.6 is 11.3 Å². The van der Waals surface area contributed by atoms with E-state index in [1.54, 1.807) is 6.07 Å². The Hall–Kier alpha value is -1.95. The van der Waals surface area contributed by atoms with Gasteiger partial charge in [-0.2, -0.15) is 0 Å².